The molecule has 0 aliphatic carbocycles. The lowest BCUT2D eigenvalue weighted by Gasteiger charge is -2.14. The molecule has 8 nitrogen and oxygen atoms in total. The van der Waals surface area contributed by atoms with Gasteiger partial charge in [0.1, 0.15) is 6.04 Å². The third-order valence-corrected chi connectivity index (χ3v) is 2.63. The van der Waals surface area contributed by atoms with Crippen LogP contribution in [0.4, 0.5) is 4.79 Å². The molecule has 0 bridgehead atoms. The van der Waals surface area contributed by atoms with Crippen LogP contribution < -0.4 is 10.6 Å². The van der Waals surface area contributed by atoms with Crippen LogP contribution in [0.1, 0.15) is 17.7 Å². The number of rotatable bonds is 6. The number of hydrogen-bond acceptors (Lipinski definition) is 5. The summed E-state index contributed by atoms with van der Waals surface area (Å²) in [6, 6.07) is 1.57. The van der Waals surface area contributed by atoms with Crippen molar-refractivity contribution in [3.8, 4) is 0 Å². The number of carboxylic acid groups (broad SMARTS) is 1. The number of pyridine rings is 1. The van der Waals surface area contributed by atoms with Gasteiger partial charge in [0.05, 0.1) is 13.5 Å². The number of nitrogens with zero attached hydrogens (tertiary/aromatic N) is 1. The smallest absolute Gasteiger partial charge is 0.326 e. The van der Waals surface area contributed by atoms with E-state index in [4.69, 9.17) is 5.11 Å². The normalized spacial score (nSPS) is 11.3. The Labute approximate surface area is 121 Å². The van der Waals surface area contributed by atoms with Crippen LogP contribution in [0.25, 0.3) is 0 Å². The van der Waals surface area contributed by atoms with Crippen molar-refractivity contribution in [2.75, 3.05) is 7.11 Å². The Kier molecular flexibility index (Phi) is 6.12. The van der Waals surface area contributed by atoms with Gasteiger partial charge in [0.15, 0.2) is 0 Å². The van der Waals surface area contributed by atoms with Crippen LogP contribution in [-0.4, -0.2) is 41.2 Å². The lowest BCUT2D eigenvalue weighted by Crippen LogP contribution is -2.46. The Balaban J connectivity index is 2.48. The molecule has 0 unspecified atom stereocenters. The molecule has 0 radical (unpaired) electrons. The standard InChI is InChI=1S/C13H17N3O5/c1-8-3-4-9(6-14-8)7-15-13(20)16-10(12(18)19)5-11(17)21-2/h3-4,6,10H,5,7H2,1-2H3,(H,18,19)(H2,15,16,20)/t10-/m0/s1. The van der Waals surface area contributed by atoms with E-state index in [1.807, 2.05) is 6.92 Å². The quantitative estimate of drug-likeness (QED) is 0.645. The summed E-state index contributed by atoms with van der Waals surface area (Å²) in [6.45, 7) is 2.04. The van der Waals surface area contributed by atoms with E-state index in [-0.39, 0.29) is 6.54 Å². The monoisotopic (exact) mass is 295 g/mol. The van der Waals surface area contributed by atoms with Crippen LogP contribution in [0.15, 0.2) is 18.3 Å². The summed E-state index contributed by atoms with van der Waals surface area (Å²) in [6.07, 6.45) is 1.17. The fourth-order valence-corrected chi connectivity index (χ4v) is 1.44. The van der Waals surface area contributed by atoms with Crippen molar-refractivity contribution in [2.24, 2.45) is 0 Å². The average molecular weight is 295 g/mol. The SMILES string of the molecule is COC(=O)C[C@H](NC(=O)NCc1ccc(C)nc1)C(=O)O. The first-order chi connectivity index (χ1) is 9.92. The number of carbonyl (C=O) groups is 3. The summed E-state index contributed by atoms with van der Waals surface area (Å²) in [5.41, 5.74) is 1.63. The molecule has 8 heteroatoms. The van der Waals surface area contributed by atoms with Gasteiger partial charge in [-0.15, -0.1) is 0 Å². The summed E-state index contributed by atoms with van der Waals surface area (Å²) in [5, 5.41) is 13.6. The van der Waals surface area contributed by atoms with E-state index in [1.165, 1.54) is 0 Å². The van der Waals surface area contributed by atoms with Gasteiger partial charge in [-0.05, 0) is 18.6 Å². The molecule has 1 atom stereocenters. The first-order valence-corrected chi connectivity index (χ1v) is 6.18. The Morgan fingerprint density at radius 1 is 1.38 bits per heavy atom. The Bertz CT molecular complexity index is 515. The highest BCUT2D eigenvalue weighted by molar-refractivity contribution is 5.86. The molecule has 0 saturated carbocycles. The van der Waals surface area contributed by atoms with E-state index in [2.05, 4.69) is 20.4 Å². The molecule has 0 fully saturated rings. The minimum absolute atomic E-state index is 0.198. The lowest BCUT2D eigenvalue weighted by molar-refractivity contribution is -0.147. The number of amides is 2. The van der Waals surface area contributed by atoms with Crippen molar-refractivity contribution in [3.63, 3.8) is 0 Å². The lowest BCUT2D eigenvalue weighted by atomic mass is 10.2. The van der Waals surface area contributed by atoms with E-state index < -0.39 is 30.4 Å². The van der Waals surface area contributed by atoms with Crippen molar-refractivity contribution in [2.45, 2.75) is 25.9 Å². The highest BCUT2D eigenvalue weighted by Crippen LogP contribution is 1.99. The molecule has 0 aliphatic heterocycles. The van der Waals surface area contributed by atoms with E-state index in [0.717, 1.165) is 18.4 Å². The summed E-state index contributed by atoms with van der Waals surface area (Å²) >= 11 is 0. The molecule has 0 aromatic carbocycles. The largest absolute Gasteiger partial charge is 0.480 e. The molecule has 1 rings (SSSR count). The Morgan fingerprint density at radius 3 is 2.62 bits per heavy atom. The molecule has 1 aromatic heterocycles. The molecule has 2 amide bonds. The molecular formula is C13H17N3O5. The number of nitrogens with one attached hydrogen (secondary N) is 2. The maximum atomic E-state index is 11.6. The summed E-state index contributed by atoms with van der Waals surface area (Å²) in [7, 11) is 1.14. The fraction of sp³-hybridized carbons (Fsp3) is 0.385. The minimum atomic E-state index is -1.34. The van der Waals surface area contributed by atoms with E-state index >= 15 is 0 Å². The van der Waals surface area contributed by atoms with E-state index in [1.54, 1.807) is 18.3 Å². The number of aryl methyl sites for hydroxylation is 1. The van der Waals surface area contributed by atoms with E-state index in [0.29, 0.717) is 0 Å². The topological polar surface area (TPSA) is 118 Å². The molecule has 21 heavy (non-hydrogen) atoms. The molecule has 1 heterocycles. The molecule has 3 N–H and O–H groups in total. The number of ether oxygens (including phenoxy) is 1. The highest BCUT2D eigenvalue weighted by atomic mass is 16.5. The van der Waals surface area contributed by atoms with Crippen molar-refractivity contribution in [3.05, 3.63) is 29.6 Å². The summed E-state index contributed by atoms with van der Waals surface area (Å²) in [5.74, 6) is -2.03. The molecule has 0 aliphatic rings. The highest BCUT2D eigenvalue weighted by Gasteiger charge is 2.23. The third-order valence-electron chi connectivity index (χ3n) is 2.63. The van der Waals surface area contributed by atoms with Crippen molar-refractivity contribution >= 4 is 18.0 Å². The molecule has 0 spiro atoms. The van der Waals surface area contributed by atoms with Crippen molar-refractivity contribution < 1.29 is 24.2 Å². The van der Waals surface area contributed by atoms with Gasteiger partial charge in [0, 0.05) is 18.4 Å². The van der Waals surface area contributed by atoms with Gasteiger partial charge in [0.25, 0.3) is 0 Å². The zero-order valence-electron chi connectivity index (χ0n) is 11.8. The van der Waals surface area contributed by atoms with Crippen LogP contribution in [0, 0.1) is 6.92 Å². The number of aromatic nitrogens is 1. The number of esters is 1. The first kappa shape index (κ1) is 16.4. The second-order valence-corrected chi connectivity index (χ2v) is 4.31. The van der Waals surface area contributed by atoms with Crippen LogP contribution in [-0.2, 0) is 20.9 Å². The molecule has 114 valence electrons. The van der Waals surface area contributed by atoms with Crippen LogP contribution in [0.5, 0.6) is 0 Å². The Hall–Kier alpha value is -2.64. The molecule has 1 aromatic rings. The van der Waals surface area contributed by atoms with Crippen molar-refractivity contribution in [1.82, 2.24) is 15.6 Å². The molecular weight excluding hydrogens is 278 g/mol. The van der Waals surface area contributed by atoms with Crippen LogP contribution in [0.2, 0.25) is 0 Å². The number of carboxylic acids is 1. The zero-order valence-corrected chi connectivity index (χ0v) is 11.8. The van der Waals surface area contributed by atoms with Gasteiger partial charge in [-0.2, -0.15) is 0 Å². The van der Waals surface area contributed by atoms with Gasteiger partial charge < -0.3 is 20.5 Å². The van der Waals surface area contributed by atoms with Crippen LogP contribution in [0.3, 0.4) is 0 Å². The fourth-order valence-electron chi connectivity index (χ4n) is 1.44. The predicted octanol–water partition coefficient (Wildman–Crippen LogP) is 0.206. The molecule has 0 saturated heterocycles. The van der Waals surface area contributed by atoms with Gasteiger partial charge in [-0.25, -0.2) is 9.59 Å². The van der Waals surface area contributed by atoms with Crippen molar-refractivity contribution in [1.29, 1.82) is 0 Å². The maximum Gasteiger partial charge on any atom is 0.326 e. The summed E-state index contributed by atoms with van der Waals surface area (Å²) in [4.78, 5) is 37.7. The second kappa shape index (κ2) is 7.83. The van der Waals surface area contributed by atoms with Gasteiger partial charge >= 0.3 is 18.0 Å². The minimum Gasteiger partial charge on any atom is -0.480 e. The average Bonchev–Trinajstić information content (AvgIpc) is 2.45. The number of carbonyl (C=O) groups excluding carboxylic acids is 2. The number of aliphatic carboxylic acids is 1. The second-order valence-electron chi connectivity index (χ2n) is 4.31. The number of hydrogen-bond donors (Lipinski definition) is 3. The van der Waals surface area contributed by atoms with Gasteiger partial charge in [-0.1, -0.05) is 6.07 Å². The van der Waals surface area contributed by atoms with E-state index in [9.17, 15) is 14.4 Å². The maximum absolute atomic E-state index is 11.6. The number of urea groups is 1. The van der Waals surface area contributed by atoms with Gasteiger partial charge in [0.2, 0.25) is 0 Å². The van der Waals surface area contributed by atoms with Gasteiger partial charge in [-0.3, -0.25) is 9.78 Å². The number of methoxy groups -OCH3 is 1. The summed E-state index contributed by atoms with van der Waals surface area (Å²) < 4.78 is 4.37. The first-order valence-electron chi connectivity index (χ1n) is 6.18. The third kappa shape index (κ3) is 5.89. The zero-order chi connectivity index (χ0) is 15.8. The Morgan fingerprint density at radius 2 is 2.10 bits per heavy atom. The van der Waals surface area contributed by atoms with Crippen LogP contribution >= 0.6 is 0 Å². The predicted molar refractivity (Wildman–Crippen MR) is 72.4 cm³/mol.